The Kier molecular flexibility index (Phi) is 6.86. The van der Waals surface area contributed by atoms with Crippen molar-refractivity contribution in [1.82, 2.24) is 14.6 Å². The van der Waals surface area contributed by atoms with Crippen molar-refractivity contribution < 1.29 is 9.59 Å². The van der Waals surface area contributed by atoms with Gasteiger partial charge in [-0.3, -0.25) is 9.69 Å². The Bertz CT molecular complexity index is 1870. The third-order valence-electron chi connectivity index (χ3n) is 8.66. The fourth-order valence-corrected chi connectivity index (χ4v) is 7.21. The Morgan fingerprint density at radius 1 is 0.814 bits per heavy atom. The summed E-state index contributed by atoms with van der Waals surface area (Å²) in [5, 5.41) is 4.26. The molecule has 8 heteroatoms. The van der Waals surface area contributed by atoms with Crippen LogP contribution in [-0.2, 0) is 6.54 Å². The summed E-state index contributed by atoms with van der Waals surface area (Å²) < 4.78 is 5.90. The Morgan fingerprint density at radius 2 is 1.51 bits per heavy atom. The number of aryl methyl sites for hydroxylation is 3. The summed E-state index contributed by atoms with van der Waals surface area (Å²) in [5.41, 5.74) is 8.38. The summed E-state index contributed by atoms with van der Waals surface area (Å²) in [4.78, 5) is 33.7. The first-order valence-corrected chi connectivity index (χ1v) is 15.4. The fourth-order valence-electron chi connectivity index (χ4n) is 6.42. The van der Waals surface area contributed by atoms with Crippen molar-refractivity contribution in [1.29, 1.82) is 0 Å². The highest BCUT2D eigenvalue weighted by molar-refractivity contribution is 7.13. The zero-order valence-corrected chi connectivity index (χ0v) is 25.4. The van der Waals surface area contributed by atoms with E-state index in [1.54, 1.807) is 4.90 Å². The first-order chi connectivity index (χ1) is 20.9. The number of carbonyl (C=O) groups is 2. The lowest BCUT2D eigenvalue weighted by Crippen LogP contribution is -2.49. The van der Waals surface area contributed by atoms with E-state index < -0.39 is 0 Å². The van der Waals surface area contributed by atoms with E-state index >= 15 is 0 Å². The van der Waals surface area contributed by atoms with E-state index in [0.717, 1.165) is 56.0 Å². The third-order valence-corrected chi connectivity index (χ3v) is 9.47. The standard InChI is InChI=1S/C35H33N5O2S/c1-22-9-4-5-12-26(22)28-19-25(20-30-29(28)21-36-35(42)40(30)32-23(2)10-8-11-24(32)3)34(41)39-17-15-38(16-18-39)33-27-13-6-7-14-31(27)43-37-33/h4-14,19-20H,15-18,21H2,1-3H3,(H,36,42). The topological polar surface area (TPSA) is 68.8 Å². The normalized spacial score (nSPS) is 15.0. The molecule has 0 bridgehead atoms. The second kappa shape index (κ2) is 10.9. The van der Waals surface area contributed by atoms with Gasteiger partial charge in [0, 0.05) is 49.2 Å². The van der Waals surface area contributed by atoms with Crippen LogP contribution in [0.25, 0.3) is 21.2 Å². The van der Waals surface area contributed by atoms with Gasteiger partial charge in [0.2, 0.25) is 0 Å². The van der Waals surface area contributed by atoms with E-state index in [2.05, 4.69) is 41.4 Å². The van der Waals surface area contributed by atoms with Crippen molar-refractivity contribution >= 4 is 50.7 Å². The molecule has 2 aliphatic heterocycles. The maximum atomic E-state index is 14.2. The van der Waals surface area contributed by atoms with Crippen molar-refractivity contribution in [3.8, 4) is 11.1 Å². The average Bonchev–Trinajstić information content (AvgIpc) is 3.46. The predicted octanol–water partition coefficient (Wildman–Crippen LogP) is 7.21. The number of hydrogen-bond donors (Lipinski definition) is 1. The molecule has 0 aliphatic carbocycles. The maximum absolute atomic E-state index is 14.2. The van der Waals surface area contributed by atoms with Crippen molar-refractivity contribution in [2.24, 2.45) is 0 Å². The lowest BCUT2D eigenvalue weighted by atomic mass is 9.90. The van der Waals surface area contributed by atoms with E-state index in [1.165, 1.54) is 16.2 Å². The number of hydrogen-bond acceptors (Lipinski definition) is 5. The van der Waals surface area contributed by atoms with E-state index in [0.29, 0.717) is 38.3 Å². The molecule has 1 N–H and O–H groups in total. The van der Waals surface area contributed by atoms with Crippen LogP contribution in [0.4, 0.5) is 22.0 Å². The Morgan fingerprint density at radius 3 is 2.28 bits per heavy atom. The van der Waals surface area contributed by atoms with E-state index in [9.17, 15) is 9.59 Å². The van der Waals surface area contributed by atoms with Gasteiger partial charge in [-0.15, -0.1) is 0 Å². The third kappa shape index (κ3) is 4.72. The molecule has 0 spiro atoms. The maximum Gasteiger partial charge on any atom is 0.326 e. The minimum Gasteiger partial charge on any atom is -0.352 e. The molecule has 2 aliphatic rings. The molecule has 1 aromatic heterocycles. The molecule has 7 rings (SSSR count). The molecule has 5 aromatic rings. The molecule has 7 nitrogen and oxygen atoms in total. The fraction of sp³-hybridized carbons (Fsp3) is 0.229. The molecule has 43 heavy (non-hydrogen) atoms. The number of urea groups is 1. The van der Waals surface area contributed by atoms with Crippen LogP contribution in [0.2, 0.25) is 0 Å². The predicted molar refractivity (Wildman–Crippen MR) is 175 cm³/mol. The van der Waals surface area contributed by atoms with Gasteiger partial charge >= 0.3 is 6.03 Å². The van der Waals surface area contributed by atoms with E-state index in [1.807, 2.05) is 73.3 Å². The van der Waals surface area contributed by atoms with E-state index in [-0.39, 0.29) is 11.9 Å². The average molecular weight is 588 g/mol. The highest BCUT2D eigenvalue weighted by Gasteiger charge is 2.32. The Balaban J connectivity index is 1.27. The monoisotopic (exact) mass is 587 g/mol. The molecule has 0 unspecified atom stereocenters. The van der Waals surface area contributed by atoms with Crippen LogP contribution >= 0.6 is 11.5 Å². The molecule has 1 fully saturated rings. The minimum absolute atomic E-state index is 0.0205. The van der Waals surface area contributed by atoms with Gasteiger partial charge < -0.3 is 15.1 Å². The summed E-state index contributed by atoms with van der Waals surface area (Å²) >= 11 is 1.52. The second-order valence-electron chi connectivity index (χ2n) is 11.4. The van der Waals surface area contributed by atoms with Gasteiger partial charge in [-0.25, -0.2) is 4.79 Å². The van der Waals surface area contributed by atoms with Gasteiger partial charge in [0.25, 0.3) is 5.91 Å². The van der Waals surface area contributed by atoms with Crippen LogP contribution in [0, 0.1) is 20.8 Å². The number of nitrogens with zero attached hydrogens (tertiary/aromatic N) is 4. The lowest BCUT2D eigenvalue weighted by molar-refractivity contribution is 0.0746. The number of fused-ring (bicyclic) bond motifs is 2. The molecule has 0 atom stereocenters. The number of carbonyl (C=O) groups excluding carboxylic acids is 2. The number of para-hydroxylation sites is 1. The molecule has 3 amide bonds. The molecule has 1 saturated heterocycles. The van der Waals surface area contributed by atoms with Crippen molar-refractivity contribution in [3.63, 3.8) is 0 Å². The summed E-state index contributed by atoms with van der Waals surface area (Å²) in [5.74, 6) is 0.978. The van der Waals surface area contributed by atoms with Crippen LogP contribution < -0.4 is 15.1 Å². The first-order valence-electron chi connectivity index (χ1n) is 14.7. The van der Waals surface area contributed by atoms with Gasteiger partial charge in [-0.1, -0.05) is 54.6 Å². The van der Waals surface area contributed by atoms with Crippen molar-refractivity contribution in [2.45, 2.75) is 27.3 Å². The van der Waals surface area contributed by atoms with Crippen LogP contribution in [0.3, 0.4) is 0 Å². The lowest BCUT2D eigenvalue weighted by Gasteiger charge is -2.36. The number of anilines is 3. The van der Waals surface area contributed by atoms with Crippen LogP contribution in [0.5, 0.6) is 0 Å². The molecule has 0 radical (unpaired) electrons. The van der Waals surface area contributed by atoms with E-state index in [4.69, 9.17) is 4.37 Å². The number of rotatable bonds is 4. The van der Waals surface area contributed by atoms with Crippen LogP contribution in [0.15, 0.2) is 78.9 Å². The number of benzene rings is 4. The molecular formula is C35H33N5O2S. The zero-order valence-electron chi connectivity index (χ0n) is 24.6. The largest absolute Gasteiger partial charge is 0.352 e. The first kappa shape index (κ1) is 27.2. The molecular weight excluding hydrogens is 554 g/mol. The molecule has 0 saturated carbocycles. The zero-order chi connectivity index (χ0) is 29.7. The molecule has 3 heterocycles. The van der Waals surface area contributed by atoms with Crippen LogP contribution in [0.1, 0.15) is 32.6 Å². The summed E-state index contributed by atoms with van der Waals surface area (Å²) in [7, 11) is 0. The summed E-state index contributed by atoms with van der Waals surface area (Å²) in [6.45, 7) is 9.15. The quantitative estimate of drug-likeness (QED) is 0.241. The van der Waals surface area contributed by atoms with Gasteiger partial charge in [-0.2, -0.15) is 4.37 Å². The Hall–Kier alpha value is -4.69. The SMILES string of the molecule is Cc1ccccc1-c1cc(C(=O)N2CCN(c3nsc4ccccc34)CC2)cc2c1CNC(=O)N2c1c(C)cccc1C. The minimum atomic E-state index is -0.186. The number of nitrogens with one attached hydrogen (secondary N) is 1. The van der Waals surface area contributed by atoms with Gasteiger partial charge in [-0.05, 0) is 84.4 Å². The number of piperazine rings is 1. The molecule has 4 aromatic carbocycles. The summed E-state index contributed by atoms with van der Waals surface area (Å²) in [6.07, 6.45) is 0. The highest BCUT2D eigenvalue weighted by Crippen LogP contribution is 2.42. The number of aromatic nitrogens is 1. The summed E-state index contributed by atoms with van der Waals surface area (Å²) in [6, 6.07) is 26.3. The smallest absolute Gasteiger partial charge is 0.326 e. The second-order valence-corrected chi connectivity index (χ2v) is 12.2. The number of amides is 3. The van der Waals surface area contributed by atoms with Gasteiger partial charge in [0.15, 0.2) is 0 Å². The Labute approximate surface area is 255 Å². The van der Waals surface area contributed by atoms with Gasteiger partial charge in [0.05, 0.1) is 16.1 Å². The van der Waals surface area contributed by atoms with Crippen molar-refractivity contribution in [2.75, 3.05) is 36.0 Å². The van der Waals surface area contributed by atoms with Crippen LogP contribution in [-0.4, -0.2) is 47.4 Å². The molecule has 216 valence electrons. The highest BCUT2D eigenvalue weighted by atomic mass is 32.1. The van der Waals surface area contributed by atoms with Gasteiger partial charge in [0.1, 0.15) is 5.82 Å². The van der Waals surface area contributed by atoms with Crippen molar-refractivity contribution in [3.05, 3.63) is 107 Å².